The van der Waals surface area contributed by atoms with Crippen LogP contribution < -0.4 is 0 Å². The molecule has 3 nitrogen and oxygen atoms in total. The fourth-order valence-corrected chi connectivity index (χ4v) is 3.17. The van der Waals surface area contributed by atoms with Gasteiger partial charge in [-0.2, -0.15) is 0 Å². The van der Waals surface area contributed by atoms with Gasteiger partial charge in [-0.05, 0) is 46.6 Å². The first-order chi connectivity index (χ1) is 8.47. The smallest absolute Gasteiger partial charge is 0.136 e. The lowest BCUT2D eigenvalue weighted by atomic mass is 10.0. The van der Waals surface area contributed by atoms with E-state index in [0.29, 0.717) is 17.2 Å². The van der Waals surface area contributed by atoms with E-state index in [1.807, 2.05) is 0 Å². The van der Waals surface area contributed by atoms with E-state index in [1.54, 1.807) is 0 Å². The van der Waals surface area contributed by atoms with Gasteiger partial charge in [0.1, 0.15) is 5.78 Å². The lowest BCUT2D eigenvalue weighted by Crippen LogP contribution is -2.53. The fraction of sp³-hybridized carbons (Fsp3) is 0.933. The zero-order valence-electron chi connectivity index (χ0n) is 12.2. The minimum Gasteiger partial charge on any atom is -0.301 e. The average molecular weight is 252 g/mol. The Morgan fingerprint density at radius 1 is 1.17 bits per heavy atom. The van der Waals surface area contributed by atoms with E-state index < -0.39 is 0 Å². The first-order valence-electron chi connectivity index (χ1n) is 7.47. The molecule has 1 heterocycles. The Hall–Kier alpha value is -0.410. The van der Waals surface area contributed by atoms with Crippen molar-refractivity contribution >= 4 is 5.78 Å². The Morgan fingerprint density at radius 3 is 2.33 bits per heavy atom. The number of ketones is 1. The molecule has 0 spiro atoms. The molecule has 0 radical (unpaired) electrons. The summed E-state index contributed by atoms with van der Waals surface area (Å²) in [6.45, 7) is 12.7. The van der Waals surface area contributed by atoms with Crippen molar-refractivity contribution < 1.29 is 4.79 Å². The Labute approximate surface area is 112 Å². The van der Waals surface area contributed by atoms with Crippen LogP contribution in [-0.2, 0) is 4.79 Å². The number of carbonyl (C=O) groups is 1. The Morgan fingerprint density at radius 2 is 1.83 bits per heavy atom. The third-order valence-electron chi connectivity index (χ3n) is 4.55. The van der Waals surface area contributed by atoms with Crippen LogP contribution >= 0.6 is 0 Å². The van der Waals surface area contributed by atoms with Gasteiger partial charge in [0, 0.05) is 44.1 Å². The van der Waals surface area contributed by atoms with Crippen LogP contribution in [0.5, 0.6) is 0 Å². The maximum Gasteiger partial charge on any atom is 0.136 e. The highest BCUT2D eigenvalue weighted by Crippen LogP contribution is 2.25. The third-order valence-corrected chi connectivity index (χ3v) is 4.55. The maximum absolute atomic E-state index is 11.6. The van der Waals surface area contributed by atoms with Crippen LogP contribution in [0, 0.1) is 5.92 Å². The van der Waals surface area contributed by atoms with Crippen LogP contribution in [0.2, 0.25) is 0 Å². The Bertz CT molecular complexity index is 287. The molecule has 0 aromatic rings. The molecule has 1 aliphatic carbocycles. The molecule has 0 amide bonds. The van der Waals surface area contributed by atoms with Crippen LogP contribution in [0.1, 0.15) is 46.5 Å². The molecule has 2 aliphatic rings. The monoisotopic (exact) mass is 252 g/mol. The summed E-state index contributed by atoms with van der Waals surface area (Å²) in [5, 5.41) is 0. The van der Waals surface area contributed by atoms with E-state index in [-0.39, 0.29) is 0 Å². The average Bonchev–Trinajstić information content (AvgIpc) is 2.72. The number of nitrogens with zero attached hydrogens (tertiary/aromatic N) is 2. The van der Waals surface area contributed by atoms with Gasteiger partial charge >= 0.3 is 0 Å². The van der Waals surface area contributed by atoms with Gasteiger partial charge in [0.25, 0.3) is 0 Å². The summed E-state index contributed by atoms with van der Waals surface area (Å²) in [7, 11) is 0. The van der Waals surface area contributed by atoms with Crippen LogP contribution in [0.3, 0.4) is 0 Å². The highest BCUT2D eigenvalue weighted by Gasteiger charge is 2.28. The predicted molar refractivity (Wildman–Crippen MR) is 74.7 cm³/mol. The lowest BCUT2D eigenvalue weighted by Gasteiger charge is -2.42. The standard InChI is InChI=1S/C15H28N2O/c1-15(2,3)17-11-9-16(10-12-17)8-7-13-5-4-6-14(13)18/h13H,4-12H2,1-3H3. The van der Waals surface area contributed by atoms with E-state index in [0.717, 1.165) is 45.3 Å². The number of Topliss-reactive ketones (excluding diaryl/α,β-unsaturated/α-hetero) is 1. The van der Waals surface area contributed by atoms with E-state index >= 15 is 0 Å². The molecule has 0 aromatic heterocycles. The van der Waals surface area contributed by atoms with Crippen LogP contribution in [0.25, 0.3) is 0 Å². The molecule has 1 saturated heterocycles. The molecule has 1 atom stereocenters. The largest absolute Gasteiger partial charge is 0.301 e. The van der Waals surface area contributed by atoms with Gasteiger partial charge in [-0.15, -0.1) is 0 Å². The second-order valence-corrected chi connectivity index (χ2v) is 6.84. The molecule has 2 fully saturated rings. The fourth-order valence-electron chi connectivity index (χ4n) is 3.17. The summed E-state index contributed by atoms with van der Waals surface area (Å²) in [5.41, 5.74) is 0.299. The van der Waals surface area contributed by atoms with Gasteiger partial charge < -0.3 is 4.90 Å². The predicted octanol–water partition coefficient (Wildman–Crippen LogP) is 2.16. The molecule has 1 saturated carbocycles. The van der Waals surface area contributed by atoms with Crippen molar-refractivity contribution in [1.82, 2.24) is 9.80 Å². The highest BCUT2D eigenvalue weighted by atomic mass is 16.1. The SMILES string of the molecule is CC(C)(C)N1CCN(CCC2CCCC2=O)CC1. The van der Waals surface area contributed by atoms with E-state index in [2.05, 4.69) is 30.6 Å². The van der Waals surface area contributed by atoms with Gasteiger partial charge in [0.15, 0.2) is 0 Å². The van der Waals surface area contributed by atoms with Crippen LogP contribution in [0.15, 0.2) is 0 Å². The van der Waals surface area contributed by atoms with Crippen LogP contribution in [-0.4, -0.2) is 53.8 Å². The topological polar surface area (TPSA) is 23.6 Å². The van der Waals surface area contributed by atoms with Crippen molar-refractivity contribution in [3.8, 4) is 0 Å². The summed E-state index contributed by atoms with van der Waals surface area (Å²) in [6, 6.07) is 0. The summed E-state index contributed by atoms with van der Waals surface area (Å²) in [4.78, 5) is 16.7. The molecular formula is C15H28N2O. The van der Waals surface area contributed by atoms with E-state index in [4.69, 9.17) is 0 Å². The van der Waals surface area contributed by atoms with Crippen molar-refractivity contribution in [3.63, 3.8) is 0 Å². The van der Waals surface area contributed by atoms with Crippen molar-refractivity contribution in [2.75, 3.05) is 32.7 Å². The maximum atomic E-state index is 11.6. The minimum atomic E-state index is 0.299. The number of carbonyl (C=O) groups excluding carboxylic acids is 1. The van der Waals surface area contributed by atoms with Crippen molar-refractivity contribution in [2.45, 2.75) is 52.0 Å². The van der Waals surface area contributed by atoms with Crippen molar-refractivity contribution in [2.24, 2.45) is 5.92 Å². The molecule has 1 aliphatic heterocycles. The van der Waals surface area contributed by atoms with Gasteiger partial charge in [-0.3, -0.25) is 9.69 Å². The number of piperazine rings is 1. The number of rotatable bonds is 3. The first-order valence-corrected chi connectivity index (χ1v) is 7.47. The number of hydrogen-bond acceptors (Lipinski definition) is 3. The van der Waals surface area contributed by atoms with Gasteiger partial charge in [-0.1, -0.05) is 0 Å². The summed E-state index contributed by atoms with van der Waals surface area (Å²) in [6.07, 6.45) is 4.19. The Kier molecular flexibility index (Phi) is 4.44. The molecule has 2 rings (SSSR count). The first kappa shape index (κ1) is 14.0. The molecule has 1 unspecified atom stereocenters. The summed E-state index contributed by atoms with van der Waals surface area (Å²) >= 11 is 0. The number of hydrogen-bond donors (Lipinski definition) is 0. The molecular weight excluding hydrogens is 224 g/mol. The van der Waals surface area contributed by atoms with Gasteiger partial charge in [0.2, 0.25) is 0 Å². The van der Waals surface area contributed by atoms with Crippen LogP contribution in [0.4, 0.5) is 0 Å². The van der Waals surface area contributed by atoms with Crippen molar-refractivity contribution in [1.29, 1.82) is 0 Å². The zero-order chi connectivity index (χ0) is 13.2. The molecule has 0 bridgehead atoms. The third kappa shape index (κ3) is 3.55. The second-order valence-electron chi connectivity index (χ2n) is 6.84. The zero-order valence-corrected chi connectivity index (χ0v) is 12.2. The van der Waals surface area contributed by atoms with Gasteiger partial charge in [0.05, 0.1) is 0 Å². The van der Waals surface area contributed by atoms with Crippen molar-refractivity contribution in [3.05, 3.63) is 0 Å². The van der Waals surface area contributed by atoms with E-state index in [1.165, 1.54) is 13.1 Å². The molecule has 0 aromatic carbocycles. The summed E-state index contributed by atoms with van der Waals surface area (Å²) < 4.78 is 0. The van der Waals surface area contributed by atoms with Gasteiger partial charge in [-0.25, -0.2) is 0 Å². The quantitative estimate of drug-likeness (QED) is 0.769. The van der Waals surface area contributed by atoms with E-state index in [9.17, 15) is 4.79 Å². The normalized spacial score (nSPS) is 27.9. The summed E-state index contributed by atoms with van der Waals surface area (Å²) in [5.74, 6) is 0.897. The molecule has 0 N–H and O–H groups in total. The molecule has 104 valence electrons. The lowest BCUT2D eigenvalue weighted by molar-refractivity contribution is -0.120. The molecule has 3 heteroatoms. The highest BCUT2D eigenvalue weighted by molar-refractivity contribution is 5.82. The Balaban J connectivity index is 1.69. The minimum absolute atomic E-state index is 0.299. The molecule has 18 heavy (non-hydrogen) atoms. The second kappa shape index (κ2) is 5.70.